The summed E-state index contributed by atoms with van der Waals surface area (Å²) in [7, 11) is 0.747. The van der Waals surface area contributed by atoms with Crippen LogP contribution < -0.4 is 10.4 Å². The number of fused-ring (bicyclic) bond motifs is 2. The van der Waals surface area contributed by atoms with Gasteiger partial charge in [0.25, 0.3) is 5.60 Å². The fraction of sp³-hybridized carbons (Fsp3) is 0.308. The summed E-state index contributed by atoms with van der Waals surface area (Å²) in [4.78, 5) is 24.8. The number of halogens is 3. The van der Waals surface area contributed by atoms with Crippen molar-refractivity contribution in [3.05, 3.63) is 76.8 Å². The Bertz CT molecular complexity index is 1470. The van der Waals surface area contributed by atoms with Crippen LogP contribution in [0, 0.1) is 0 Å². The molecule has 2 aromatic carbocycles. The molecule has 2 atom stereocenters. The number of hydrogen-bond acceptors (Lipinski definition) is 8. The molecule has 0 aliphatic rings. The van der Waals surface area contributed by atoms with Gasteiger partial charge in [-0.15, -0.1) is 0 Å². The summed E-state index contributed by atoms with van der Waals surface area (Å²) in [6.07, 6.45) is -5.40. The van der Waals surface area contributed by atoms with Crippen molar-refractivity contribution >= 4 is 27.9 Å². The van der Waals surface area contributed by atoms with E-state index in [1.807, 2.05) is 0 Å². The molecule has 0 fully saturated rings. The highest BCUT2D eigenvalue weighted by molar-refractivity contribution is 6.01. The molecule has 8 nitrogen and oxygen atoms in total. The number of rotatable bonds is 8. The SMILES string of the molecule is CO[C@](C(=O)O[C@H](COc1c2ccoc2cc2oc(=O)ccc12)C(C)(C)O)(c1ccccc1)C(F)(F)F. The van der Waals surface area contributed by atoms with Crippen molar-refractivity contribution in [3.8, 4) is 5.75 Å². The van der Waals surface area contributed by atoms with Crippen molar-refractivity contribution in [1.82, 2.24) is 0 Å². The highest BCUT2D eigenvalue weighted by Crippen LogP contribution is 2.43. The lowest BCUT2D eigenvalue weighted by Gasteiger charge is -2.36. The van der Waals surface area contributed by atoms with Gasteiger partial charge in [-0.25, -0.2) is 9.59 Å². The third-order valence-corrected chi connectivity index (χ3v) is 5.90. The van der Waals surface area contributed by atoms with E-state index in [0.717, 1.165) is 19.2 Å². The quantitative estimate of drug-likeness (QED) is 0.263. The molecule has 0 aliphatic heterocycles. The first kappa shape index (κ1) is 26.2. The number of furan rings is 1. The lowest BCUT2D eigenvalue weighted by molar-refractivity contribution is -0.281. The largest absolute Gasteiger partial charge is 0.488 e. The van der Waals surface area contributed by atoms with Gasteiger partial charge in [-0.1, -0.05) is 30.3 Å². The molecule has 0 amide bonds. The summed E-state index contributed by atoms with van der Waals surface area (Å²) in [5.74, 6) is -1.62. The Hall–Kier alpha value is -3.83. The Morgan fingerprint density at radius 1 is 1.03 bits per heavy atom. The zero-order valence-electron chi connectivity index (χ0n) is 20.0. The molecule has 0 unspecified atom stereocenters. The average molecular weight is 520 g/mol. The topological polar surface area (TPSA) is 108 Å². The van der Waals surface area contributed by atoms with Gasteiger partial charge < -0.3 is 28.2 Å². The van der Waals surface area contributed by atoms with Gasteiger partial charge in [-0.3, -0.25) is 0 Å². The Morgan fingerprint density at radius 2 is 1.70 bits per heavy atom. The number of ether oxygens (including phenoxy) is 3. The second-order valence-corrected chi connectivity index (χ2v) is 8.81. The van der Waals surface area contributed by atoms with Crippen molar-refractivity contribution in [3.63, 3.8) is 0 Å². The highest BCUT2D eigenvalue weighted by atomic mass is 19.4. The summed E-state index contributed by atoms with van der Waals surface area (Å²) < 4.78 is 69.3. The standard InChI is InChI=1S/C26H23F3O8/c1-24(2,32)20(37-23(31)25(33-3,26(27,28)29)15-7-5-4-6-8-15)14-35-22-16-9-10-21(30)36-19(16)13-18-17(22)11-12-34-18/h4-13,20,32H,14H2,1-3H3/t20-,25+/m1/s1. The van der Waals surface area contributed by atoms with Crippen LogP contribution in [0.5, 0.6) is 5.75 Å². The molecule has 4 rings (SSSR count). The summed E-state index contributed by atoms with van der Waals surface area (Å²) in [6, 6.07) is 12.0. The van der Waals surface area contributed by atoms with Crippen LogP contribution in [0.2, 0.25) is 0 Å². The third kappa shape index (κ3) is 4.79. The molecule has 1 N–H and O–H groups in total. The molecule has 2 aromatic heterocycles. The number of hydrogen-bond donors (Lipinski definition) is 1. The van der Waals surface area contributed by atoms with E-state index in [2.05, 4.69) is 0 Å². The maximum atomic E-state index is 14.3. The summed E-state index contributed by atoms with van der Waals surface area (Å²) in [6.45, 7) is 1.96. The number of carbonyl (C=O) groups is 1. The molecule has 0 aliphatic carbocycles. The zero-order valence-corrected chi connectivity index (χ0v) is 20.0. The van der Waals surface area contributed by atoms with Crippen molar-refractivity contribution < 1.29 is 46.1 Å². The molecule has 0 radical (unpaired) electrons. The first-order valence-electron chi connectivity index (χ1n) is 11.1. The van der Waals surface area contributed by atoms with Gasteiger partial charge in [-0.05, 0) is 26.0 Å². The van der Waals surface area contributed by atoms with E-state index in [4.69, 9.17) is 23.0 Å². The van der Waals surface area contributed by atoms with Gasteiger partial charge in [-0.2, -0.15) is 13.2 Å². The Labute approximate surface area is 208 Å². The number of methoxy groups -OCH3 is 1. The number of carbonyl (C=O) groups excluding carboxylic acids is 1. The lowest BCUT2D eigenvalue weighted by Crippen LogP contribution is -2.55. The summed E-state index contributed by atoms with van der Waals surface area (Å²) in [5, 5.41) is 11.5. The smallest absolute Gasteiger partial charge is 0.432 e. The van der Waals surface area contributed by atoms with Crippen LogP contribution >= 0.6 is 0 Å². The molecule has 4 aromatic rings. The molecule has 0 bridgehead atoms. The Kier molecular flexibility index (Phi) is 6.78. The fourth-order valence-corrected chi connectivity index (χ4v) is 3.91. The van der Waals surface area contributed by atoms with Crippen LogP contribution in [0.15, 0.2) is 74.5 Å². The van der Waals surface area contributed by atoms with Crippen LogP contribution in [0.4, 0.5) is 13.2 Å². The van der Waals surface area contributed by atoms with Crippen LogP contribution in [0.25, 0.3) is 21.9 Å². The maximum absolute atomic E-state index is 14.3. The predicted molar refractivity (Wildman–Crippen MR) is 125 cm³/mol. The van der Waals surface area contributed by atoms with Crippen LogP contribution in [0.1, 0.15) is 19.4 Å². The minimum absolute atomic E-state index is 0.140. The van der Waals surface area contributed by atoms with E-state index < -0.39 is 47.2 Å². The first-order chi connectivity index (χ1) is 17.4. The second-order valence-electron chi connectivity index (χ2n) is 8.81. The molecule has 2 heterocycles. The van der Waals surface area contributed by atoms with E-state index in [9.17, 15) is 27.9 Å². The van der Waals surface area contributed by atoms with Gasteiger partial charge in [0.1, 0.15) is 23.5 Å². The monoisotopic (exact) mass is 520 g/mol. The maximum Gasteiger partial charge on any atom is 0.432 e. The normalized spacial score (nSPS) is 14.9. The van der Waals surface area contributed by atoms with Gasteiger partial charge in [0.2, 0.25) is 0 Å². The third-order valence-electron chi connectivity index (χ3n) is 5.90. The fourth-order valence-electron chi connectivity index (χ4n) is 3.91. The van der Waals surface area contributed by atoms with E-state index in [1.165, 1.54) is 56.5 Å². The van der Waals surface area contributed by atoms with Gasteiger partial charge in [0, 0.05) is 24.8 Å². The van der Waals surface area contributed by atoms with Crippen LogP contribution in [0.3, 0.4) is 0 Å². The van der Waals surface area contributed by atoms with Gasteiger partial charge in [0.15, 0.2) is 6.10 Å². The van der Waals surface area contributed by atoms with E-state index in [-0.39, 0.29) is 11.3 Å². The number of alkyl halides is 3. The van der Waals surface area contributed by atoms with Crippen molar-refractivity contribution in [2.24, 2.45) is 0 Å². The first-order valence-corrected chi connectivity index (χ1v) is 11.1. The minimum Gasteiger partial charge on any atom is -0.488 e. The van der Waals surface area contributed by atoms with Crippen LogP contribution in [-0.4, -0.2) is 42.7 Å². The molecule has 196 valence electrons. The van der Waals surface area contributed by atoms with Crippen molar-refractivity contribution in [2.75, 3.05) is 13.7 Å². The zero-order chi connectivity index (χ0) is 27.0. The predicted octanol–water partition coefficient (Wildman–Crippen LogP) is 4.70. The Morgan fingerprint density at radius 3 is 2.32 bits per heavy atom. The van der Waals surface area contributed by atoms with Crippen LogP contribution in [-0.2, 0) is 19.9 Å². The summed E-state index contributed by atoms with van der Waals surface area (Å²) >= 11 is 0. The lowest BCUT2D eigenvalue weighted by atomic mass is 9.92. The molecular formula is C26H23F3O8. The Balaban J connectivity index is 1.70. The average Bonchev–Trinajstić information content (AvgIpc) is 3.29. The second kappa shape index (κ2) is 9.56. The number of benzene rings is 2. The number of esters is 1. The highest BCUT2D eigenvalue weighted by Gasteiger charge is 2.64. The number of aliphatic hydroxyl groups is 1. The van der Waals surface area contributed by atoms with Crippen molar-refractivity contribution in [2.45, 2.75) is 37.3 Å². The van der Waals surface area contributed by atoms with Gasteiger partial charge >= 0.3 is 17.8 Å². The minimum atomic E-state index is -5.19. The molecule has 11 heteroatoms. The molecule has 37 heavy (non-hydrogen) atoms. The van der Waals surface area contributed by atoms with E-state index in [0.29, 0.717) is 16.4 Å². The molecule has 0 saturated heterocycles. The van der Waals surface area contributed by atoms with E-state index in [1.54, 1.807) is 6.07 Å². The molecule has 0 saturated carbocycles. The van der Waals surface area contributed by atoms with Gasteiger partial charge in [0.05, 0.1) is 22.6 Å². The molecular weight excluding hydrogens is 497 g/mol. The van der Waals surface area contributed by atoms with Crippen molar-refractivity contribution in [1.29, 1.82) is 0 Å². The summed E-state index contributed by atoms with van der Waals surface area (Å²) in [5.41, 5.74) is -5.93. The van der Waals surface area contributed by atoms with E-state index >= 15 is 0 Å². The molecule has 0 spiro atoms.